The molecule has 0 radical (unpaired) electrons. The minimum absolute atomic E-state index is 0.172. The van der Waals surface area contributed by atoms with Crippen LogP contribution in [0.5, 0.6) is 0 Å². The third-order valence-electron chi connectivity index (χ3n) is 2.82. The Morgan fingerprint density at radius 2 is 2.60 bits per heavy atom. The van der Waals surface area contributed by atoms with Crippen LogP contribution in [0.1, 0.15) is 16.9 Å². The normalized spacial score (nSPS) is 20.5. The first-order chi connectivity index (χ1) is 7.27. The van der Waals surface area contributed by atoms with Crippen molar-refractivity contribution in [1.82, 2.24) is 10.6 Å². The van der Waals surface area contributed by atoms with Crippen molar-refractivity contribution in [2.75, 3.05) is 13.1 Å². The molecular weight excluding hydrogens is 208 g/mol. The van der Waals surface area contributed by atoms with Crippen molar-refractivity contribution in [2.45, 2.75) is 19.9 Å². The molecule has 2 heterocycles. The number of hydrogen-bond acceptors (Lipinski definition) is 3. The molecule has 1 aliphatic rings. The molecule has 1 saturated heterocycles. The van der Waals surface area contributed by atoms with Gasteiger partial charge >= 0.3 is 0 Å². The zero-order valence-corrected chi connectivity index (χ0v) is 9.69. The fourth-order valence-corrected chi connectivity index (χ4v) is 2.62. The van der Waals surface area contributed by atoms with Crippen molar-refractivity contribution < 1.29 is 4.79 Å². The van der Waals surface area contributed by atoms with Gasteiger partial charge in [0.15, 0.2) is 0 Å². The molecule has 1 aliphatic heterocycles. The number of thiophene rings is 1. The molecule has 2 N–H and O–H groups in total. The summed E-state index contributed by atoms with van der Waals surface area (Å²) in [6, 6.07) is 2.09. The van der Waals surface area contributed by atoms with Gasteiger partial charge in [-0.25, -0.2) is 0 Å². The number of nitrogens with one attached hydrogen (secondary N) is 2. The van der Waals surface area contributed by atoms with E-state index in [4.69, 9.17) is 0 Å². The van der Waals surface area contributed by atoms with Gasteiger partial charge < -0.3 is 10.6 Å². The van der Waals surface area contributed by atoms with E-state index in [0.717, 1.165) is 19.5 Å². The molecular formula is C11H16N2OS. The summed E-state index contributed by atoms with van der Waals surface area (Å²) >= 11 is 1.70. The fourth-order valence-electron chi connectivity index (χ4n) is 1.78. The summed E-state index contributed by atoms with van der Waals surface area (Å²) in [5.41, 5.74) is 1.27. The minimum atomic E-state index is 0.172. The highest BCUT2D eigenvalue weighted by molar-refractivity contribution is 7.10. The molecule has 1 fully saturated rings. The average molecular weight is 224 g/mol. The summed E-state index contributed by atoms with van der Waals surface area (Å²) in [6.45, 7) is 4.55. The van der Waals surface area contributed by atoms with E-state index in [1.165, 1.54) is 10.4 Å². The number of carbonyl (C=O) groups excluding carboxylic acids is 1. The van der Waals surface area contributed by atoms with E-state index >= 15 is 0 Å². The van der Waals surface area contributed by atoms with Crippen LogP contribution >= 0.6 is 11.3 Å². The third-order valence-corrected chi connectivity index (χ3v) is 3.85. The van der Waals surface area contributed by atoms with Gasteiger partial charge in [-0.2, -0.15) is 0 Å². The molecule has 0 aromatic carbocycles. The van der Waals surface area contributed by atoms with Gasteiger partial charge in [-0.15, -0.1) is 11.3 Å². The van der Waals surface area contributed by atoms with Gasteiger partial charge in [0, 0.05) is 11.4 Å². The summed E-state index contributed by atoms with van der Waals surface area (Å²) < 4.78 is 0. The van der Waals surface area contributed by atoms with E-state index in [-0.39, 0.29) is 11.8 Å². The molecule has 2 rings (SSSR count). The van der Waals surface area contributed by atoms with E-state index in [9.17, 15) is 4.79 Å². The molecule has 0 bridgehead atoms. The average Bonchev–Trinajstić information content (AvgIpc) is 2.85. The first-order valence-electron chi connectivity index (χ1n) is 5.29. The molecule has 3 nitrogen and oxygen atoms in total. The fraction of sp³-hybridized carbons (Fsp3) is 0.545. The third kappa shape index (κ3) is 2.58. The lowest BCUT2D eigenvalue weighted by Gasteiger charge is -2.09. The van der Waals surface area contributed by atoms with Crippen LogP contribution < -0.4 is 10.6 Å². The van der Waals surface area contributed by atoms with Gasteiger partial charge in [-0.3, -0.25) is 4.79 Å². The first-order valence-corrected chi connectivity index (χ1v) is 6.16. The maximum Gasteiger partial charge on any atom is 0.224 e. The molecule has 15 heavy (non-hydrogen) atoms. The summed E-state index contributed by atoms with van der Waals surface area (Å²) in [6.07, 6.45) is 0.968. The van der Waals surface area contributed by atoms with E-state index < -0.39 is 0 Å². The van der Waals surface area contributed by atoms with E-state index in [0.29, 0.717) is 6.54 Å². The topological polar surface area (TPSA) is 41.1 Å². The largest absolute Gasteiger partial charge is 0.351 e. The quantitative estimate of drug-likeness (QED) is 0.812. The Labute approximate surface area is 93.9 Å². The van der Waals surface area contributed by atoms with E-state index in [1.54, 1.807) is 11.3 Å². The van der Waals surface area contributed by atoms with Gasteiger partial charge in [0.25, 0.3) is 0 Å². The second-order valence-corrected chi connectivity index (χ2v) is 4.93. The molecule has 1 aromatic rings. The SMILES string of the molecule is Cc1ccsc1CNC(=O)C1CCNC1. The van der Waals surface area contributed by atoms with E-state index in [2.05, 4.69) is 29.0 Å². The second kappa shape index (κ2) is 4.77. The van der Waals surface area contributed by atoms with Crippen LogP contribution in [-0.4, -0.2) is 19.0 Å². The van der Waals surface area contributed by atoms with E-state index in [1.807, 2.05) is 0 Å². The van der Waals surface area contributed by atoms with Crippen molar-refractivity contribution in [1.29, 1.82) is 0 Å². The van der Waals surface area contributed by atoms with Gasteiger partial charge in [0.2, 0.25) is 5.91 Å². The zero-order chi connectivity index (χ0) is 10.7. The Hall–Kier alpha value is -0.870. The Morgan fingerprint density at radius 1 is 1.73 bits per heavy atom. The summed E-state index contributed by atoms with van der Waals surface area (Å²) in [7, 11) is 0. The number of amides is 1. The molecule has 0 saturated carbocycles. The molecule has 1 atom stereocenters. The molecule has 82 valence electrons. The lowest BCUT2D eigenvalue weighted by Crippen LogP contribution is -2.31. The Bertz CT molecular complexity index is 342. The van der Waals surface area contributed by atoms with Crippen LogP contribution in [0.25, 0.3) is 0 Å². The van der Waals surface area contributed by atoms with Crippen LogP contribution in [0.4, 0.5) is 0 Å². The maximum atomic E-state index is 11.7. The maximum absolute atomic E-state index is 11.7. The van der Waals surface area contributed by atoms with Crippen molar-refractivity contribution in [3.63, 3.8) is 0 Å². The Balaban J connectivity index is 1.83. The van der Waals surface area contributed by atoms with Crippen LogP contribution in [0.2, 0.25) is 0 Å². The van der Waals surface area contributed by atoms with Crippen molar-refractivity contribution in [3.8, 4) is 0 Å². The van der Waals surface area contributed by atoms with Crippen molar-refractivity contribution in [3.05, 3.63) is 21.9 Å². The standard InChI is InChI=1S/C11H16N2OS/c1-8-3-5-15-10(8)7-13-11(14)9-2-4-12-6-9/h3,5,9,12H,2,4,6-7H2,1H3,(H,13,14). The summed E-state index contributed by atoms with van der Waals surface area (Å²) in [5.74, 6) is 0.359. The number of aryl methyl sites for hydroxylation is 1. The monoisotopic (exact) mass is 224 g/mol. The predicted octanol–water partition coefficient (Wildman–Crippen LogP) is 1.28. The molecule has 0 aliphatic carbocycles. The molecule has 1 aromatic heterocycles. The second-order valence-electron chi connectivity index (χ2n) is 3.93. The van der Waals surface area contributed by atoms with Gasteiger partial charge in [0.1, 0.15) is 0 Å². The summed E-state index contributed by atoms with van der Waals surface area (Å²) in [5, 5.41) is 8.26. The van der Waals surface area contributed by atoms with Gasteiger partial charge in [-0.1, -0.05) is 0 Å². The Kier molecular flexibility index (Phi) is 3.38. The smallest absolute Gasteiger partial charge is 0.224 e. The van der Waals surface area contributed by atoms with Gasteiger partial charge in [-0.05, 0) is 36.9 Å². The number of rotatable bonds is 3. The van der Waals surface area contributed by atoms with Crippen molar-refractivity contribution in [2.24, 2.45) is 5.92 Å². The highest BCUT2D eigenvalue weighted by Gasteiger charge is 2.21. The molecule has 1 unspecified atom stereocenters. The number of hydrogen-bond donors (Lipinski definition) is 2. The minimum Gasteiger partial charge on any atom is -0.351 e. The first kappa shape index (κ1) is 10.6. The molecule has 1 amide bonds. The molecule has 0 spiro atoms. The van der Waals surface area contributed by atoms with Crippen LogP contribution in [0.3, 0.4) is 0 Å². The number of carbonyl (C=O) groups is 1. The lowest BCUT2D eigenvalue weighted by molar-refractivity contribution is -0.124. The zero-order valence-electron chi connectivity index (χ0n) is 8.88. The van der Waals surface area contributed by atoms with Crippen LogP contribution in [-0.2, 0) is 11.3 Å². The Morgan fingerprint density at radius 3 is 3.20 bits per heavy atom. The summed E-state index contributed by atoms with van der Waals surface area (Å²) in [4.78, 5) is 13.0. The van der Waals surface area contributed by atoms with Crippen molar-refractivity contribution >= 4 is 17.2 Å². The highest BCUT2D eigenvalue weighted by atomic mass is 32.1. The van der Waals surface area contributed by atoms with Gasteiger partial charge in [0.05, 0.1) is 12.5 Å². The van der Waals surface area contributed by atoms with Crippen LogP contribution in [0, 0.1) is 12.8 Å². The van der Waals surface area contributed by atoms with Crippen LogP contribution in [0.15, 0.2) is 11.4 Å². The highest BCUT2D eigenvalue weighted by Crippen LogP contribution is 2.15. The molecule has 4 heteroatoms. The predicted molar refractivity (Wildman–Crippen MR) is 61.9 cm³/mol. The lowest BCUT2D eigenvalue weighted by atomic mass is 10.1.